The molecule has 2 aromatic carbocycles. The van der Waals surface area contributed by atoms with Crippen molar-refractivity contribution in [2.75, 3.05) is 26.0 Å². The summed E-state index contributed by atoms with van der Waals surface area (Å²) in [6.07, 6.45) is 0. The molecule has 2 aromatic rings. The highest BCUT2D eigenvalue weighted by Gasteiger charge is 2.48. The zero-order chi connectivity index (χ0) is 22.5. The Bertz CT molecular complexity index is 1070. The van der Waals surface area contributed by atoms with Crippen LogP contribution in [-0.4, -0.2) is 55.5 Å². The van der Waals surface area contributed by atoms with Crippen molar-refractivity contribution in [3.8, 4) is 17.6 Å². The fourth-order valence-corrected chi connectivity index (χ4v) is 6.44. The van der Waals surface area contributed by atoms with Crippen LogP contribution >= 0.6 is 11.8 Å². The van der Waals surface area contributed by atoms with Crippen molar-refractivity contribution in [2.24, 2.45) is 0 Å². The Labute approximate surface area is 188 Å². The Hall–Kier alpha value is -2.47. The van der Waals surface area contributed by atoms with Crippen LogP contribution in [0.5, 0.6) is 5.75 Å². The van der Waals surface area contributed by atoms with Crippen LogP contribution in [0, 0.1) is 11.8 Å². The second kappa shape index (κ2) is 9.77. The summed E-state index contributed by atoms with van der Waals surface area (Å²) in [4.78, 5) is 12.5. The molecule has 31 heavy (non-hydrogen) atoms. The van der Waals surface area contributed by atoms with Gasteiger partial charge in [-0.2, -0.15) is 16.1 Å². The lowest BCUT2D eigenvalue weighted by atomic mass is 10.0. The van der Waals surface area contributed by atoms with Crippen LogP contribution in [0.4, 0.5) is 0 Å². The molecule has 1 aliphatic rings. The van der Waals surface area contributed by atoms with E-state index >= 15 is 0 Å². The number of thioether (sulfide) groups is 1. The Kier molecular flexibility index (Phi) is 7.31. The monoisotopic (exact) mass is 459 g/mol. The van der Waals surface area contributed by atoms with Crippen molar-refractivity contribution in [1.82, 2.24) is 4.31 Å². The maximum absolute atomic E-state index is 13.3. The predicted molar refractivity (Wildman–Crippen MR) is 121 cm³/mol. The molecule has 0 saturated carbocycles. The first-order valence-corrected chi connectivity index (χ1v) is 12.2. The van der Waals surface area contributed by atoms with E-state index in [4.69, 9.17) is 9.47 Å². The molecule has 0 N–H and O–H groups in total. The molecule has 0 bridgehead atoms. The summed E-state index contributed by atoms with van der Waals surface area (Å²) in [5.74, 6) is 6.48. The van der Waals surface area contributed by atoms with E-state index in [1.54, 1.807) is 23.9 Å². The summed E-state index contributed by atoms with van der Waals surface area (Å²) in [6, 6.07) is 14.8. The Balaban J connectivity index is 1.73. The van der Waals surface area contributed by atoms with Gasteiger partial charge in [0.25, 0.3) is 0 Å². The van der Waals surface area contributed by atoms with Gasteiger partial charge in [0.15, 0.2) is 0 Å². The summed E-state index contributed by atoms with van der Waals surface area (Å²) in [5.41, 5.74) is 0.898. The van der Waals surface area contributed by atoms with E-state index in [0.29, 0.717) is 11.5 Å². The van der Waals surface area contributed by atoms with Gasteiger partial charge in [-0.05, 0) is 50.2 Å². The molecule has 0 aromatic heterocycles. The third-order valence-electron chi connectivity index (χ3n) is 4.90. The minimum Gasteiger partial charge on any atom is -0.481 e. The van der Waals surface area contributed by atoms with Crippen molar-refractivity contribution in [1.29, 1.82) is 0 Å². The quantitative estimate of drug-likeness (QED) is 0.505. The Morgan fingerprint density at radius 1 is 1.16 bits per heavy atom. The second-order valence-electron chi connectivity index (χ2n) is 7.42. The van der Waals surface area contributed by atoms with Crippen molar-refractivity contribution < 1.29 is 22.7 Å². The van der Waals surface area contributed by atoms with E-state index in [9.17, 15) is 13.2 Å². The van der Waals surface area contributed by atoms with Crippen LogP contribution in [0.15, 0.2) is 59.5 Å². The van der Waals surface area contributed by atoms with E-state index in [1.165, 1.54) is 23.5 Å². The Morgan fingerprint density at radius 3 is 2.48 bits per heavy atom. The van der Waals surface area contributed by atoms with Gasteiger partial charge >= 0.3 is 5.97 Å². The molecule has 0 spiro atoms. The molecule has 8 heteroatoms. The maximum atomic E-state index is 13.3. The number of sulfonamides is 1. The molecule has 1 atom stereocenters. The minimum absolute atomic E-state index is 0.104. The summed E-state index contributed by atoms with van der Waals surface area (Å²) in [7, 11) is -2.61. The number of carbonyl (C=O) groups is 1. The molecule has 0 aliphatic carbocycles. The zero-order valence-electron chi connectivity index (χ0n) is 17.7. The molecule has 0 radical (unpaired) electrons. The number of rotatable bonds is 5. The maximum Gasteiger partial charge on any atom is 0.325 e. The molecule has 6 nitrogen and oxygen atoms in total. The lowest BCUT2D eigenvalue weighted by molar-refractivity contribution is -0.146. The van der Waals surface area contributed by atoms with Crippen LogP contribution < -0.4 is 4.74 Å². The van der Waals surface area contributed by atoms with E-state index < -0.39 is 26.8 Å². The fraction of sp³-hybridized carbons (Fsp3) is 0.348. The lowest BCUT2D eigenvalue weighted by Gasteiger charge is -2.43. The van der Waals surface area contributed by atoms with Gasteiger partial charge in [0, 0.05) is 22.6 Å². The van der Waals surface area contributed by atoms with Gasteiger partial charge in [0.1, 0.15) is 18.4 Å². The van der Waals surface area contributed by atoms with Gasteiger partial charge in [-0.1, -0.05) is 30.0 Å². The van der Waals surface area contributed by atoms with Crippen LogP contribution in [0.2, 0.25) is 0 Å². The molecule has 1 saturated heterocycles. The van der Waals surface area contributed by atoms with Gasteiger partial charge < -0.3 is 9.47 Å². The first-order chi connectivity index (χ1) is 14.8. The average molecular weight is 460 g/mol. The van der Waals surface area contributed by atoms with Crippen LogP contribution in [0.1, 0.15) is 19.4 Å². The number of methoxy groups -OCH3 is 1. The highest BCUT2D eigenvalue weighted by Crippen LogP contribution is 2.38. The highest BCUT2D eigenvalue weighted by molar-refractivity contribution is 8.00. The zero-order valence-corrected chi connectivity index (χ0v) is 19.3. The first-order valence-electron chi connectivity index (χ1n) is 9.76. The number of nitrogens with zero attached hydrogens (tertiary/aromatic N) is 1. The van der Waals surface area contributed by atoms with E-state index in [0.717, 1.165) is 5.56 Å². The SMILES string of the molecule is COC(=O)[C@@H]1N(S(=O)(=O)c2ccc(OCC#Cc3ccccc3)cc2)CCSC1(C)C. The summed E-state index contributed by atoms with van der Waals surface area (Å²) in [6.45, 7) is 4.13. The van der Waals surface area contributed by atoms with E-state index in [2.05, 4.69) is 11.8 Å². The minimum atomic E-state index is -3.88. The summed E-state index contributed by atoms with van der Waals surface area (Å²) < 4.78 is 37.7. The molecule has 1 fully saturated rings. The summed E-state index contributed by atoms with van der Waals surface area (Å²) in [5, 5.41) is 0. The number of hydrogen-bond acceptors (Lipinski definition) is 6. The highest BCUT2D eigenvalue weighted by atomic mass is 32.2. The van der Waals surface area contributed by atoms with Crippen LogP contribution in [-0.2, 0) is 19.6 Å². The normalized spacial score (nSPS) is 18.5. The largest absolute Gasteiger partial charge is 0.481 e. The van der Waals surface area contributed by atoms with Crippen molar-refractivity contribution >= 4 is 27.8 Å². The van der Waals surface area contributed by atoms with E-state index in [1.807, 2.05) is 44.2 Å². The predicted octanol–water partition coefficient (Wildman–Crippen LogP) is 3.17. The third kappa shape index (κ3) is 5.42. The van der Waals surface area contributed by atoms with Gasteiger partial charge in [0.05, 0.1) is 12.0 Å². The van der Waals surface area contributed by atoms with E-state index in [-0.39, 0.29) is 18.0 Å². The molecular weight excluding hydrogens is 434 g/mol. The number of ether oxygens (including phenoxy) is 2. The Morgan fingerprint density at radius 2 is 1.84 bits per heavy atom. The fourth-order valence-electron chi connectivity index (χ4n) is 3.35. The van der Waals surface area contributed by atoms with Crippen molar-refractivity contribution in [2.45, 2.75) is 29.5 Å². The molecule has 0 amide bonds. The van der Waals surface area contributed by atoms with Gasteiger partial charge in [0.2, 0.25) is 10.0 Å². The number of hydrogen-bond donors (Lipinski definition) is 0. The standard InChI is InChI=1S/C23H25NO5S2/c1-23(2)21(22(25)28-3)24(15-17-30-23)31(26,27)20-13-11-19(12-14-20)29-16-7-10-18-8-5-4-6-9-18/h4-6,8-9,11-14,21H,15-17H2,1-3H3/t21-/m0/s1. The molecule has 3 rings (SSSR count). The third-order valence-corrected chi connectivity index (χ3v) is 8.14. The van der Waals surface area contributed by atoms with Crippen LogP contribution in [0.25, 0.3) is 0 Å². The molecule has 0 unspecified atom stereocenters. The van der Waals surface area contributed by atoms with Gasteiger partial charge in [-0.25, -0.2) is 8.42 Å². The van der Waals surface area contributed by atoms with Crippen molar-refractivity contribution in [3.63, 3.8) is 0 Å². The van der Waals surface area contributed by atoms with Gasteiger partial charge in [-0.3, -0.25) is 4.79 Å². The van der Waals surface area contributed by atoms with Gasteiger partial charge in [-0.15, -0.1) is 0 Å². The lowest BCUT2D eigenvalue weighted by Crippen LogP contribution is -2.58. The topological polar surface area (TPSA) is 72.9 Å². The molecule has 1 aliphatic heterocycles. The molecule has 164 valence electrons. The first kappa shape index (κ1) is 23.2. The number of carbonyl (C=O) groups excluding carboxylic acids is 1. The van der Waals surface area contributed by atoms with Crippen molar-refractivity contribution in [3.05, 3.63) is 60.2 Å². The second-order valence-corrected chi connectivity index (χ2v) is 11.1. The number of esters is 1. The molecule has 1 heterocycles. The number of benzene rings is 2. The smallest absolute Gasteiger partial charge is 0.325 e. The average Bonchev–Trinajstić information content (AvgIpc) is 2.76. The summed E-state index contributed by atoms with van der Waals surface area (Å²) >= 11 is 1.56. The molecular formula is C23H25NO5S2. The van der Waals surface area contributed by atoms with Crippen LogP contribution in [0.3, 0.4) is 0 Å².